The molecule has 0 radical (unpaired) electrons. The number of carbonyl (C=O) groups excluding carboxylic acids is 2. The van der Waals surface area contributed by atoms with E-state index in [9.17, 15) is 9.59 Å². The molecule has 0 aromatic heterocycles. The summed E-state index contributed by atoms with van der Waals surface area (Å²) in [5.74, 6) is 4.20. The van der Waals surface area contributed by atoms with Crippen LogP contribution in [0.1, 0.15) is 132 Å². The summed E-state index contributed by atoms with van der Waals surface area (Å²) >= 11 is 0. The van der Waals surface area contributed by atoms with Crippen LogP contribution in [0.4, 0.5) is 0 Å². The number of fused-ring (bicyclic) bond motifs is 7. The van der Waals surface area contributed by atoms with Crippen molar-refractivity contribution in [2.24, 2.45) is 51.2 Å². The van der Waals surface area contributed by atoms with Gasteiger partial charge in [0.15, 0.2) is 0 Å². The lowest BCUT2D eigenvalue weighted by Crippen LogP contribution is -2.64. The maximum Gasteiger partial charge on any atom is 0.302 e. The van der Waals surface area contributed by atoms with E-state index in [2.05, 4.69) is 45.7 Å². The van der Waals surface area contributed by atoms with E-state index < -0.39 is 0 Å². The zero-order chi connectivity index (χ0) is 33.9. The molecule has 6 rings (SSSR count). The third kappa shape index (κ3) is 6.30. The Morgan fingerprint density at radius 3 is 2.28 bits per heavy atom. The number of hydrogen-bond donors (Lipinski definition) is 1. The minimum Gasteiger partial charge on any atom is -0.497 e. The summed E-state index contributed by atoms with van der Waals surface area (Å²) in [4.78, 5) is 25.9. The van der Waals surface area contributed by atoms with Crippen LogP contribution in [-0.2, 0) is 20.9 Å². The van der Waals surface area contributed by atoms with Crippen LogP contribution in [0.25, 0.3) is 0 Å². The number of allylic oxidation sites excluding steroid dienone is 1. The van der Waals surface area contributed by atoms with Crippen LogP contribution in [0, 0.1) is 51.2 Å². The number of hydrogen-bond acceptors (Lipinski definition) is 4. The number of rotatable bonds is 5. The van der Waals surface area contributed by atoms with Gasteiger partial charge in [-0.15, -0.1) is 6.58 Å². The molecule has 5 saturated carbocycles. The van der Waals surface area contributed by atoms with Crippen molar-refractivity contribution in [2.75, 3.05) is 7.11 Å². The zero-order valence-electron chi connectivity index (χ0n) is 30.7. The molecule has 0 saturated heterocycles. The summed E-state index contributed by atoms with van der Waals surface area (Å²) in [6.07, 6.45) is 14.7. The van der Waals surface area contributed by atoms with Gasteiger partial charge in [-0.05, 0) is 129 Å². The lowest BCUT2D eigenvalue weighted by atomic mass is 9.36. The number of amides is 1. The van der Waals surface area contributed by atoms with Gasteiger partial charge in [-0.3, -0.25) is 9.59 Å². The summed E-state index contributed by atoms with van der Waals surface area (Å²) in [6, 6.07) is 8.06. The van der Waals surface area contributed by atoms with Crippen LogP contribution < -0.4 is 10.1 Å². The van der Waals surface area contributed by atoms with E-state index in [-0.39, 0.29) is 28.3 Å². The van der Waals surface area contributed by atoms with Gasteiger partial charge in [-0.2, -0.15) is 0 Å². The summed E-state index contributed by atoms with van der Waals surface area (Å²) in [7, 11) is 1.69. The molecule has 5 aliphatic carbocycles. The van der Waals surface area contributed by atoms with E-state index in [1.54, 1.807) is 20.1 Å². The highest BCUT2D eigenvalue weighted by Gasteiger charge is 2.67. The van der Waals surface area contributed by atoms with Crippen LogP contribution >= 0.6 is 0 Å². The van der Waals surface area contributed by atoms with Crippen molar-refractivity contribution in [3.05, 3.63) is 42.5 Å². The number of carbonyl (C=O) groups is 2. The maximum absolute atomic E-state index is 14.0. The Labute approximate surface area is 281 Å². The van der Waals surface area contributed by atoms with Crippen molar-refractivity contribution >= 4 is 11.9 Å². The fourth-order valence-electron chi connectivity index (χ4n) is 12.1. The maximum atomic E-state index is 14.0. The lowest BCUT2D eigenvalue weighted by molar-refractivity contribution is -0.220. The second kappa shape index (κ2) is 14.4. The van der Waals surface area contributed by atoms with Crippen LogP contribution in [0.3, 0.4) is 0 Å². The summed E-state index contributed by atoms with van der Waals surface area (Å²) in [5.41, 5.74) is 1.54. The molecule has 0 bridgehead atoms. The highest BCUT2D eigenvalue weighted by atomic mass is 16.5. The molecule has 1 amide bonds. The molecular formula is C41H65NO4. The first-order valence-electron chi connectivity index (χ1n) is 18.5. The summed E-state index contributed by atoms with van der Waals surface area (Å²) in [6.45, 7) is 21.4. The van der Waals surface area contributed by atoms with E-state index >= 15 is 0 Å². The molecule has 0 aliphatic heterocycles. The average Bonchev–Trinajstić information content (AvgIpc) is 3.48. The smallest absolute Gasteiger partial charge is 0.302 e. The normalized spacial score (nSPS) is 38.4. The van der Waals surface area contributed by atoms with Gasteiger partial charge in [0, 0.05) is 18.9 Å². The van der Waals surface area contributed by atoms with Gasteiger partial charge in [0.1, 0.15) is 11.9 Å². The van der Waals surface area contributed by atoms with Gasteiger partial charge in [0.2, 0.25) is 5.91 Å². The molecule has 5 heteroatoms. The highest BCUT2D eigenvalue weighted by Crippen LogP contribution is 2.73. The monoisotopic (exact) mass is 635 g/mol. The molecule has 9 unspecified atom stereocenters. The molecule has 1 N–H and O–H groups in total. The first kappa shape index (κ1) is 36.5. The van der Waals surface area contributed by atoms with Crippen molar-refractivity contribution in [2.45, 2.75) is 139 Å². The Bertz CT molecular complexity index is 1220. The topological polar surface area (TPSA) is 64.6 Å². The quantitative estimate of drug-likeness (QED) is 0.258. The molecule has 0 heterocycles. The predicted molar refractivity (Wildman–Crippen MR) is 188 cm³/mol. The molecule has 0 spiro atoms. The molecule has 5 aliphatic rings. The van der Waals surface area contributed by atoms with Crippen LogP contribution in [0.5, 0.6) is 5.75 Å². The third-order valence-electron chi connectivity index (χ3n) is 13.8. The predicted octanol–water partition coefficient (Wildman–Crippen LogP) is 9.93. The van der Waals surface area contributed by atoms with Gasteiger partial charge in [0.25, 0.3) is 0 Å². The lowest BCUT2D eigenvalue weighted by Gasteiger charge is -2.69. The van der Waals surface area contributed by atoms with Gasteiger partial charge in [-0.25, -0.2) is 0 Å². The van der Waals surface area contributed by atoms with E-state index in [1.807, 2.05) is 39.0 Å². The second-order valence-corrected chi connectivity index (χ2v) is 16.1. The van der Waals surface area contributed by atoms with Gasteiger partial charge in [-0.1, -0.05) is 66.2 Å². The third-order valence-corrected chi connectivity index (χ3v) is 13.8. The van der Waals surface area contributed by atoms with Gasteiger partial charge >= 0.3 is 5.97 Å². The van der Waals surface area contributed by atoms with Crippen molar-refractivity contribution < 1.29 is 19.1 Å². The number of nitrogens with one attached hydrogen (secondary N) is 1. The van der Waals surface area contributed by atoms with Crippen molar-refractivity contribution in [1.82, 2.24) is 5.32 Å². The van der Waals surface area contributed by atoms with Gasteiger partial charge < -0.3 is 14.8 Å². The summed E-state index contributed by atoms with van der Waals surface area (Å²) in [5, 5.41) is 3.38. The fourth-order valence-corrected chi connectivity index (χ4v) is 12.1. The van der Waals surface area contributed by atoms with Crippen LogP contribution in [-0.4, -0.2) is 25.1 Å². The van der Waals surface area contributed by atoms with Crippen LogP contribution in [0.2, 0.25) is 0 Å². The Hall–Kier alpha value is -2.30. The molecule has 258 valence electrons. The first-order chi connectivity index (χ1) is 21.9. The number of methoxy groups -OCH3 is 1. The standard InChI is InChI=1S/C36H53NO4.C3H6.C2H6/c1-23(38)41-31-16-19-35(5)29(33(31,2)3)15-18-34(4)27-14-20-36(17-8-11-28(36)26(27)12-13-30(34)35)32(39)37-22-24-9-7-10-25(21-24)40-6;1-3-2;1-2/h7,9-10,21,26-31H,8,11-20,22H2,1-6H3,(H,37,39);3H,1H2,2H3;1-2H3. The van der Waals surface area contributed by atoms with Gasteiger partial charge in [0.05, 0.1) is 12.5 Å². The molecule has 9 atom stereocenters. The molecular weight excluding hydrogens is 570 g/mol. The minimum absolute atomic E-state index is 0.00484. The van der Waals surface area contributed by atoms with E-state index in [1.165, 1.54) is 44.9 Å². The molecule has 1 aromatic carbocycles. The second-order valence-electron chi connectivity index (χ2n) is 16.1. The molecule has 5 nitrogen and oxygen atoms in total. The molecule has 5 fully saturated rings. The van der Waals surface area contributed by atoms with Crippen LogP contribution in [0.15, 0.2) is 36.9 Å². The Morgan fingerprint density at radius 2 is 1.61 bits per heavy atom. The Balaban J connectivity index is 0.000000908. The summed E-state index contributed by atoms with van der Waals surface area (Å²) < 4.78 is 11.3. The van der Waals surface area contributed by atoms with Crippen molar-refractivity contribution in [3.8, 4) is 5.75 Å². The number of esters is 1. The average molecular weight is 636 g/mol. The Kier molecular flexibility index (Phi) is 11.5. The number of benzene rings is 1. The van der Waals surface area contributed by atoms with Crippen molar-refractivity contribution in [3.63, 3.8) is 0 Å². The zero-order valence-corrected chi connectivity index (χ0v) is 30.7. The number of ether oxygens (including phenoxy) is 2. The Morgan fingerprint density at radius 1 is 0.913 bits per heavy atom. The van der Waals surface area contributed by atoms with E-state index in [0.29, 0.717) is 41.5 Å². The molecule has 46 heavy (non-hydrogen) atoms. The SMILES string of the molecule is C=CC.CC.COc1cccc(CNC(=O)C23CCCC2C2CCC4C(C)(CCC5C(C)(C)C(OC(C)=O)CCC54C)C2CC3)c1. The highest BCUT2D eigenvalue weighted by molar-refractivity contribution is 5.83. The van der Waals surface area contributed by atoms with E-state index in [0.717, 1.165) is 42.9 Å². The van der Waals surface area contributed by atoms with E-state index in [4.69, 9.17) is 9.47 Å². The first-order valence-corrected chi connectivity index (χ1v) is 18.5. The van der Waals surface area contributed by atoms with Crippen molar-refractivity contribution in [1.29, 1.82) is 0 Å². The largest absolute Gasteiger partial charge is 0.497 e. The fraction of sp³-hybridized carbons (Fsp3) is 0.756. The molecule has 1 aromatic rings. The minimum atomic E-state index is -0.186.